The molecule has 2 amide bonds. The summed E-state index contributed by atoms with van der Waals surface area (Å²) in [4.78, 5) is 26.2. The Labute approximate surface area is 163 Å². The molecule has 4 rings (SSSR count). The Kier molecular flexibility index (Phi) is 5.14. The second-order valence-corrected chi connectivity index (χ2v) is 7.45. The highest BCUT2D eigenvalue weighted by molar-refractivity contribution is 6.31. The topological polar surface area (TPSA) is 58.6 Å². The van der Waals surface area contributed by atoms with Gasteiger partial charge in [0.15, 0.2) is 0 Å². The second-order valence-electron chi connectivity index (χ2n) is 7.01. The van der Waals surface area contributed by atoms with Gasteiger partial charge in [0.05, 0.1) is 25.5 Å². The number of carbonyl (C=O) groups excluding carboxylic acids is 2. The van der Waals surface area contributed by atoms with E-state index in [1.165, 1.54) is 0 Å². The van der Waals surface area contributed by atoms with Crippen LogP contribution in [0.5, 0.6) is 0 Å². The summed E-state index contributed by atoms with van der Waals surface area (Å²) in [5.74, 6) is 0.0362. The number of anilines is 2. The number of fused-ring (bicyclic) bond motifs is 1. The average Bonchev–Trinajstić information content (AvgIpc) is 3.25. The second kappa shape index (κ2) is 7.71. The van der Waals surface area contributed by atoms with E-state index in [9.17, 15) is 9.59 Å². The van der Waals surface area contributed by atoms with Crippen LogP contribution >= 0.6 is 11.6 Å². The number of nitrogens with zero attached hydrogens (tertiary/aromatic N) is 1. The number of rotatable bonds is 5. The van der Waals surface area contributed by atoms with Gasteiger partial charge < -0.3 is 15.0 Å². The van der Waals surface area contributed by atoms with Gasteiger partial charge in [0.2, 0.25) is 11.8 Å². The van der Waals surface area contributed by atoms with Gasteiger partial charge in [-0.2, -0.15) is 0 Å². The average molecular weight is 385 g/mol. The number of ether oxygens (including phenoxy) is 1. The summed E-state index contributed by atoms with van der Waals surface area (Å²) >= 11 is 6.08. The molecule has 1 saturated heterocycles. The molecule has 0 bridgehead atoms. The number of hydrogen-bond acceptors (Lipinski definition) is 3. The van der Waals surface area contributed by atoms with E-state index in [4.69, 9.17) is 16.3 Å². The molecular formula is C21H21ClN2O3. The van der Waals surface area contributed by atoms with E-state index < -0.39 is 0 Å². The third-order valence-electron chi connectivity index (χ3n) is 5.00. The largest absolute Gasteiger partial charge is 0.378 e. The van der Waals surface area contributed by atoms with Gasteiger partial charge in [0.1, 0.15) is 0 Å². The lowest BCUT2D eigenvalue weighted by Gasteiger charge is -2.18. The maximum absolute atomic E-state index is 12.3. The lowest BCUT2D eigenvalue weighted by molar-refractivity contribution is -0.118. The first-order valence-corrected chi connectivity index (χ1v) is 9.55. The highest BCUT2D eigenvalue weighted by atomic mass is 35.5. The van der Waals surface area contributed by atoms with E-state index >= 15 is 0 Å². The Balaban J connectivity index is 1.39. The number of halogens is 1. The van der Waals surface area contributed by atoms with Gasteiger partial charge in [-0.3, -0.25) is 9.59 Å². The van der Waals surface area contributed by atoms with E-state index in [0.29, 0.717) is 24.4 Å². The van der Waals surface area contributed by atoms with Crippen LogP contribution in [-0.4, -0.2) is 24.5 Å². The van der Waals surface area contributed by atoms with Crippen LogP contribution in [0.2, 0.25) is 5.02 Å². The molecule has 1 atom stereocenters. The maximum Gasteiger partial charge on any atom is 0.231 e. The zero-order chi connectivity index (χ0) is 18.8. The molecule has 27 heavy (non-hydrogen) atoms. The van der Waals surface area contributed by atoms with E-state index in [1.54, 1.807) is 4.90 Å². The first kappa shape index (κ1) is 18.0. The molecule has 2 aromatic rings. The molecule has 0 unspecified atom stereocenters. The smallest absolute Gasteiger partial charge is 0.231 e. The lowest BCUT2D eigenvalue weighted by atomic mass is 10.1. The molecule has 0 aromatic heterocycles. The first-order valence-electron chi connectivity index (χ1n) is 9.18. The summed E-state index contributed by atoms with van der Waals surface area (Å²) in [5, 5.41) is 3.53. The van der Waals surface area contributed by atoms with Gasteiger partial charge in [0, 0.05) is 23.0 Å². The molecule has 2 aliphatic heterocycles. The molecule has 2 aliphatic rings. The van der Waals surface area contributed by atoms with Gasteiger partial charge in [-0.25, -0.2) is 0 Å². The van der Waals surface area contributed by atoms with Crippen LogP contribution in [0.3, 0.4) is 0 Å². The summed E-state index contributed by atoms with van der Waals surface area (Å²) in [5.41, 5.74) is 3.62. The minimum absolute atomic E-state index is 0.0343. The molecule has 2 heterocycles. The van der Waals surface area contributed by atoms with Gasteiger partial charge in [-0.15, -0.1) is 0 Å². The normalized spacial score (nSPS) is 18.6. The zero-order valence-corrected chi connectivity index (χ0v) is 15.7. The van der Waals surface area contributed by atoms with Gasteiger partial charge in [-0.05, 0) is 48.2 Å². The minimum Gasteiger partial charge on any atom is -0.378 e. The Morgan fingerprint density at radius 1 is 1.22 bits per heavy atom. The van der Waals surface area contributed by atoms with Crippen LogP contribution in [0.1, 0.15) is 30.4 Å². The van der Waals surface area contributed by atoms with Crippen molar-refractivity contribution in [3.05, 3.63) is 58.6 Å². The molecule has 5 nitrogen and oxygen atoms in total. The summed E-state index contributed by atoms with van der Waals surface area (Å²) in [6.07, 6.45) is 2.81. The third kappa shape index (κ3) is 4.15. The standard InChI is InChI=1S/C21H21ClN2O3/c22-16-6-5-15-10-21(26)24(19(15)11-16)13-14-3-7-17(8-4-14)23-20(25)12-18-2-1-9-27-18/h3-8,11,18H,1-2,9-10,12-13H2,(H,23,25)/t18-/m0/s1. The summed E-state index contributed by atoms with van der Waals surface area (Å²) < 4.78 is 5.49. The van der Waals surface area contributed by atoms with Crippen molar-refractivity contribution in [3.63, 3.8) is 0 Å². The monoisotopic (exact) mass is 384 g/mol. The Hall–Kier alpha value is -2.37. The quantitative estimate of drug-likeness (QED) is 0.849. The first-order chi connectivity index (χ1) is 13.1. The van der Waals surface area contributed by atoms with Crippen molar-refractivity contribution in [2.45, 2.75) is 38.3 Å². The molecule has 0 saturated carbocycles. The minimum atomic E-state index is -0.0343. The molecule has 0 aliphatic carbocycles. The van der Waals surface area contributed by atoms with Crippen molar-refractivity contribution >= 4 is 34.8 Å². The number of nitrogens with one attached hydrogen (secondary N) is 1. The molecule has 0 spiro atoms. The molecular weight excluding hydrogens is 364 g/mol. The predicted molar refractivity (Wildman–Crippen MR) is 105 cm³/mol. The van der Waals surface area contributed by atoms with Crippen LogP contribution in [-0.2, 0) is 27.3 Å². The molecule has 0 radical (unpaired) electrons. The van der Waals surface area contributed by atoms with Crippen molar-refractivity contribution in [2.75, 3.05) is 16.8 Å². The Bertz CT molecular complexity index is 860. The Morgan fingerprint density at radius 3 is 2.78 bits per heavy atom. The van der Waals surface area contributed by atoms with E-state index in [2.05, 4.69) is 5.32 Å². The van der Waals surface area contributed by atoms with Crippen LogP contribution in [0.15, 0.2) is 42.5 Å². The van der Waals surface area contributed by atoms with Crippen molar-refractivity contribution in [1.29, 1.82) is 0 Å². The fraction of sp³-hybridized carbons (Fsp3) is 0.333. The fourth-order valence-corrected chi connectivity index (χ4v) is 3.77. The fourth-order valence-electron chi connectivity index (χ4n) is 3.60. The third-order valence-corrected chi connectivity index (χ3v) is 5.23. The summed E-state index contributed by atoms with van der Waals surface area (Å²) in [7, 11) is 0. The van der Waals surface area contributed by atoms with Crippen LogP contribution in [0, 0.1) is 0 Å². The molecule has 1 fully saturated rings. The number of hydrogen-bond donors (Lipinski definition) is 1. The zero-order valence-electron chi connectivity index (χ0n) is 14.9. The van der Waals surface area contributed by atoms with E-state index in [0.717, 1.165) is 42.0 Å². The van der Waals surface area contributed by atoms with Gasteiger partial charge in [-0.1, -0.05) is 29.8 Å². The summed E-state index contributed by atoms with van der Waals surface area (Å²) in [6, 6.07) is 13.1. The molecule has 1 N–H and O–H groups in total. The van der Waals surface area contributed by atoms with E-state index in [-0.39, 0.29) is 17.9 Å². The molecule has 2 aromatic carbocycles. The highest BCUT2D eigenvalue weighted by Crippen LogP contribution is 2.32. The summed E-state index contributed by atoms with van der Waals surface area (Å²) in [6.45, 7) is 1.23. The van der Waals surface area contributed by atoms with Crippen molar-refractivity contribution < 1.29 is 14.3 Å². The van der Waals surface area contributed by atoms with Crippen molar-refractivity contribution in [3.8, 4) is 0 Å². The maximum atomic E-state index is 12.3. The highest BCUT2D eigenvalue weighted by Gasteiger charge is 2.27. The number of amides is 2. The lowest BCUT2D eigenvalue weighted by Crippen LogP contribution is -2.26. The van der Waals surface area contributed by atoms with Gasteiger partial charge >= 0.3 is 0 Å². The van der Waals surface area contributed by atoms with Crippen LogP contribution in [0.4, 0.5) is 11.4 Å². The number of carbonyl (C=O) groups is 2. The molecule has 6 heteroatoms. The van der Waals surface area contributed by atoms with Crippen LogP contribution in [0.25, 0.3) is 0 Å². The Morgan fingerprint density at radius 2 is 2.04 bits per heavy atom. The van der Waals surface area contributed by atoms with Crippen molar-refractivity contribution in [1.82, 2.24) is 0 Å². The molecule has 140 valence electrons. The predicted octanol–water partition coefficient (Wildman–Crippen LogP) is 3.94. The number of benzene rings is 2. The van der Waals surface area contributed by atoms with Crippen LogP contribution < -0.4 is 10.2 Å². The van der Waals surface area contributed by atoms with Gasteiger partial charge in [0.25, 0.3) is 0 Å². The SMILES string of the molecule is O=C(C[C@@H]1CCCO1)Nc1ccc(CN2C(=O)Cc3ccc(Cl)cc32)cc1. The van der Waals surface area contributed by atoms with E-state index in [1.807, 2.05) is 42.5 Å². The van der Waals surface area contributed by atoms with Crippen molar-refractivity contribution in [2.24, 2.45) is 0 Å².